The first-order valence-electron chi connectivity index (χ1n) is 7.42. The Bertz CT molecular complexity index is 637. The molecule has 0 saturated heterocycles. The van der Waals surface area contributed by atoms with E-state index >= 15 is 0 Å². The number of nitrogens with one attached hydrogen (secondary N) is 1. The highest BCUT2D eigenvalue weighted by atomic mass is 79.9. The summed E-state index contributed by atoms with van der Waals surface area (Å²) in [6.45, 7) is 0. The highest BCUT2D eigenvalue weighted by Gasteiger charge is 2.26. The number of hydrogen-bond donors (Lipinski definition) is 1. The molecule has 0 aromatic heterocycles. The molecule has 1 aliphatic rings. The Kier molecular flexibility index (Phi) is 4.68. The standard InChI is InChI=1S/C18H19BrClN/c1-21-18(15-10-5-11-16(19)17(15)20)14-9-3-2-8-13(14)12-6-4-7-12/h2-3,5,8-12,18,21H,4,6-7H2,1H3. The molecule has 1 atom stereocenters. The maximum atomic E-state index is 6.51. The normalized spacial score (nSPS) is 16.5. The summed E-state index contributed by atoms with van der Waals surface area (Å²) in [5.41, 5.74) is 3.95. The van der Waals surface area contributed by atoms with E-state index in [0.717, 1.165) is 15.1 Å². The second-order valence-corrected chi connectivity index (χ2v) is 6.85. The molecule has 2 aromatic carbocycles. The van der Waals surface area contributed by atoms with E-state index in [9.17, 15) is 0 Å². The van der Waals surface area contributed by atoms with Gasteiger partial charge >= 0.3 is 0 Å². The number of halogens is 2. The molecule has 0 spiro atoms. The van der Waals surface area contributed by atoms with Crippen molar-refractivity contribution >= 4 is 27.5 Å². The van der Waals surface area contributed by atoms with E-state index in [4.69, 9.17) is 11.6 Å². The first-order chi connectivity index (χ1) is 10.2. The van der Waals surface area contributed by atoms with Gasteiger partial charge in [-0.15, -0.1) is 0 Å². The first kappa shape index (κ1) is 15.1. The zero-order valence-corrected chi connectivity index (χ0v) is 14.4. The van der Waals surface area contributed by atoms with Crippen LogP contribution in [-0.2, 0) is 0 Å². The molecule has 1 N–H and O–H groups in total. The Morgan fingerprint density at radius 1 is 1.10 bits per heavy atom. The fourth-order valence-electron chi connectivity index (χ4n) is 3.09. The average molecular weight is 365 g/mol. The quantitative estimate of drug-likeness (QED) is 0.736. The third kappa shape index (κ3) is 2.90. The van der Waals surface area contributed by atoms with Crippen LogP contribution in [0.1, 0.15) is 47.9 Å². The largest absolute Gasteiger partial charge is 0.309 e. The summed E-state index contributed by atoms with van der Waals surface area (Å²) >= 11 is 10.0. The molecule has 1 saturated carbocycles. The van der Waals surface area contributed by atoms with Gasteiger partial charge in [0.2, 0.25) is 0 Å². The Balaban J connectivity index is 2.06. The first-order valence-corrected chi connectivity index (χ1v) is 8.59. The minimum Gasteiger partial charge on any atom is -0.309 e. The maximum Gasteiger partial charge on any atom is 0.0599 e. The van der Waals surface area contributed by atoms with E-state index in [-0.39, 0.29) is 6.04 Å². The summed E-state index contributed by atoms with van der Waals surface area (Å²) in [6.07, 6.45) is 3.96. The molecule has 0 aliphatic heterocycles. The molecule has 1 fully saturated rings. The van der Waals surface area contributed by atoms with Crippen LogP contribution in [0.2, 0.25) is 5.02 Å². The van der Waals surface area contributed by atoms with Crippen LogP contribution in [0.4, 0.5) is 0 Å². The van der Waals surface area contributed by atoms with Crippen LogP contribution in [0.15, 0.2) is 46.9 Å². The van der Waals surface area contributed by atoms with E-state index in [1.807, 2.05) is 19.2 Å². The van der Waals surface area contributed by atoms with E-state index in [0.29, 0.717) is 5.92 Å². The van der Waals surface area contributed by atoms with Crippen molar-refractivity contribution < 1.29 is 0 Å². The predicted molar refractivity (Wildman–Crippen MR) is 93.1 cm³/mol. The van der Waals surface area contributed by atoms with Crippen molar-refractivity contribution in [3.8, 4) is 0 Å². The zero-order chi connectivity index (χ0) is 14.8. The van der Waals surface area contributed by atoms with E-state index in [1.165, 1.54) is 30.4 Å². The molecule has 3 heteroatoms. The Labute approximate surface area is 139 Å². The molecule has 3 rings (SSSR count). The SMILES string of the molecule is CNC(c1ccccc1C1CCC1)c1cccc(Br)c1Cl. The molecule has 2 aromatic rings. The van der Waals surface area contributed by atoms with Crippen LogP contribution < -0.4 is 5.32 Å². The van der Waals surface area contributed by atoms with Crippen molar-refractivity contribution in [3.05, 3.63) is 68.7 Å². The van der Waals surface area contributed by atoms with Gasteiger partial charge in [0.25, 0.3) is 0 Å². The summed E-state index contributed by atoms with van der Waals surface area (Å²) < 4.78 is 0.947. The van der Waals surface area contributed by atoms with Crippen molar-refractivity contribution in [2.75, 3.05) is 7.05 Å². The summed E-state index contributed by atoms with van der Waals surface area (Å²) in [4.78, 5) is 0. The lowest BCUT2D eigenvalue weighted by Gasteiger charge is -2.31. The van der Waals surface area contributed by atoms with Crippen molar-refractivity contribution in [1.82, 2.24) is 5.32 Å². The molecule has 110 valence electrons. The second kappa shape index (κ2) is 6.51. The Hall–Kier alpha value is -0.830. The number of hydrogen-bond acceptors (Lipinski definition) is 1. The predicted octanol–water partition coefficient (Wildman–Crippen LogP) is 5.68. The highest BCUT2D eigenvalue weighted by molar-refractivity contribution is 9.10. The number of rotatable bonds is 4. The maximum absolute atomic E-state index is 6.51. The number of benzene rings is 2. The van der Waals surface area contributed by atoms with Gasteiger partial charge in [-0.3, -0.25) is 0 Å². The average Bonchev–Trinajstić information content (AvgIpc) is 2.44. The lowest BCUT2D eigenvalue weighted by atomic mass is 9.76. The summed E-state index contributed by atoms with van der Waals surface area (Å²) in [6, 6.07) is 15.0. The molecule has 0 amide bonds. The second-order valence-electron chi connectivity index (χ2n) is 5.62. The van der Waals surface area contributed by atoms with Gasteiger partial charge in [0.05, 0.1) is 11.1 Å². The summed E-state index contributed by atoms with van der Waals surface area (Å²) in [7, 11) is 2.00. The third-order valence-electron chi connectivity index (χ3n) is 4.43. The highest BCUT2D eigenvalue weighted by Crippen LogP contribution is 2.42. The molecule has 21 heavy (non-hydrogen) atoms. The van der Waals surface area contributed by atoms with E-state index in [1.54, 1.807) is 0 Å². The fourth-order valence-corrected chi connectivity index (χ4v) is 3.70. The van der Waals surface area contributed by atoms with Gasteiger partial charge in [-0.1, -0.05) is 54.4 Å². The monoisotopic (exact) mass is 363 g/mol. The molecule has 0 bridgehead atoms. The Morgan fingerprint density at radius 2 is 1.81 bits per heavy atom. The third-order valence-corrected chi connectivity index (χ3v) is 5.74. The van der Waals surface area contributed by atoms with Crippen LogP contribution in [0.5, 0.6) is 0 Å². The molecule has 1 unspecified atom stereocenters. The molecule has 1 aliphatic carbocycles. The zero-order valence-electron chi connectivity index (χ0n) is 12.1. The van der Waals surface area contributed by atoms with Gasteiger partial charge in [0.15, 0.2) is 0 Å². The minimum atomic E-state index is 0.131. The van der Waals surface area contributed by atoms with Crippen LogP contribution in [-0.4, -0.2) is 7.05 Å². The van der Waals surface area contributed by atoms with Crippen LogP contribution in [0.25, 0.3) is 0 Å². The summed E-state index contributed by atoms with van der Waals surface area (Å²) in [5.74, 6) is 0.711. The van der Waals surface area contributed by atoms with E-state index in [2.05, 4.69) is 51.6 Å². The lowest BCUT2D eigenvalue weighted by Crippen LogP contribution is -2.22. The topological polar surface area (TPSA) is 12.0 Å². The van der Waals surface area contributed by atoms with Crippen molar-refractivity contribution in [2.45, 2.75) is 31.2 Å². The Morgan fingerprint density at radius 3 is 2.48 bits per heavy atom. The smallest absolute Gasteiger partial charge is 0.0599 e. The summed E-state index contributed by atoms with van der Waals surface area (Å²) in [5, 5.41) is 4.23. The van der Waals surface area contributed by atoms with Gasteiger partial charge in [0.1, 0.15) is 0 Å². The molecule has 0 radical (unpaired) electrons. The molecule has 1 nitrogen and oxygen atoms in total. The van der Waals surface area contributed by atoms with Gasteiger partial charge < -0.3 is 5.32 Å². The van der Waals surface area contributed by atoms with Gasteiger partial charge in [0, 0.05) is 4.47 Å². The molecular weight excluding hydrogens is 346 g/mol. The van der Waals surface area contributed by atoms with Crippen molar-refractivity contribution in [1.29, 1.82) is 0 Å². The van der Waals surface area contributed by atoms with Gasteiger partial charge in [-0.2, -0.15) is 0 Å². The fraction of sp³-hybridized carbons (Fsp3) is 0.333. The van der Waals surface area contributed by atoms with Crippen molar-refractivity contribution in [3.63, 3.8) is 0 Å². The molecular formula is C18H19BrClN. The minimum absolute atomic E-state index is 0.131. The van der Waals surface area contributed by atoms with Crippen LogP contribution in [0, 0.1) is 0 Å². The van der Waals surface area contributed by atoms with Gasteiger partial charge in [-0.25, -0.2) is 0 Å². The van der Waals surface area contributed by atoms with E-state index < -0.39 is 0 Å². The molecule has 0 heterocycles. The van der Waals surface area contributed by atoms with Crippen molar-refractivity contribution in [2.24, 2.45) is 0 Å². The van der Waals surface area contributed by atoms with Crippen LogP contribution in [0.3, 0.4) is 0 Å². The van der Waals surface area contributed by atoms with Crippen LogP contribution >= 0.6 is 27.5 Å². The van der Waals surface area contributed by atoms with Gasteiger partial charge in [-0.05, 0) is 64.5 Å². The lowest BCUT2D eigenvalue weighted by molar-refractivity contribution is 0.415.